The Morgan fingerprint density at radius 2 is 1.71 bits per heavy atom. The van der Waals surface area contributed by atoms with Gasteiger partial charge in [0.05, 0.1) is 6.54 Å². The smallest absolute Gasteiger partial charge is 0.256 e. The number of nitrogens with zero attached hydrogens (tertiary/aromatic N) is 5. The monoisotopic (exact) mass is 612 g/mol. The Labute approximate surface area is 260 Å². The summed E-state index contributed by atoms with van der Waals surface area (Å²) >= 11 is 0. The number of hydrogen-bond acceptors (Lipinski definition) is 7. The lowest BCUT2D eigenvalue weighted by atomic mass is 9.94. The first kappa shape index (κ1) is 31.4. The molecular formula is C34H34F2N6O3. The van der Waals surface area contributed by atoms with Crippen molar-refractivity contribution in [2.45, 2.75) is 32.5 Å². The van der Waals surface area contributed by atoms with Crippen LogP contribution in [0.1, 0.15) is 35.3 Å². The molecule has 2 N–H and O–H groups in total. The first-order chi connectivity index (χ1) is 21.8. The van der Waals surface area contributed by atoms with Crippen molar-refractivity contribution in [1.82, 2.24) is 24.6 Å². The number of carbonyl (C=O) groups is 1. The van der Waals surface area contributed by atoms with Crippen LogP contribution >= 0.6 is 0 Å². The molecule has 9 nitrogen and oxygen atoms in total. The van der Waals surface area contributed by atoms with Crippen LogP contribution in [-0.2, 0) is 18.7 Å². The number of anilines is 1. The summed E-state index contributed by atoms with van der Waals surface area (Å²) in [5.74, 6) is -1.03. The van der Waals surface area contributed by atoms with Gasteiger partial charge in [0.2, 0.25) is 0 Å². The number of halogens is 2. The van der Waals surface area contributed by atoms with E-state index in [0.717, 1.165) is 42.4 Å². The molecule has 0 saturated carbocycles. The molecule has 11 heteroatoms. The van der Waals surface area contributed by atoms with Crippen molar-refractivity contribution in [2.24, 2.45) is 0 Å². The van der Waals surface area contributed by atoms with E-state index in [0.29, 0.717) is 23.2 Å². The minimum atomic E-state index is -1.86. The lowest BCUT2D eigenvalue weighted by molar-refractivity contribution is -0.0297. The van der Waals surface area contributed by atoms with Crippen LogP contribution in [0.25, 0.3) is 11.1 Å². The molecule has 1 amide bonds. The zero-order chi connectivity index (χ0) is 31.8. The fourth-order valence-electron chi connectivity index (χ4n) is 4.90. The summed E-state index contributed by atoms with van der Waals surface area (Å²) < 4.78 is 35.4. The van der Waals surface area contributed by atoms with Crippen LogP contribution < -0.4 is 10.1 Å². The quantitative estimate of drug-likeness (QED) is 0.176. The molecule has 0 saturated heterocycles. The highest BCUT2D eigenvalue weighted by Gasteiger charge is 2.34. The molecular weight excluding hydrogens is 578 g/mol. The fourth-order valence-corrected chi connectivity index (χ4v) is 4.90. The molecule has 2 heterocycles. The van der Waals surface area contributed by atoms with Gasteiger partial charge in [0.25, 0.3) is 5.91 Å². The minimum absolute atomic E-state index is 0.124. The van der Waals surface area contributed by atoms with E-state index in [1.165, 1.54) is 23.4 Å². The normalized spacial score (nSPS) is 12.6. The fraction of sp³-hybridized carbons (Fsp3) is 0.235. The summed E-state index contributed by atoms with van der Waals surface area (Å²) in [4.78, 5) is 23.3. The molecule has 2 aromatic heterocycles. The Balaban J connectivity index is 1.21. The molecule has 0 fully saturated rings. The molecule has 45 heavy (non-hydrogen) atoms. The number of hydrogen-bond donors (Lipinski definition) is 2. The number of benzene rings is 3. The van der Waals surface area contributed by atoms with Crippen LogP contribution in [0, 0.1) is 11.6 Å². The van der Waals surface area contributed by atoms with Crippen LogP contribution in [0.5, 0.6) is 5.75 Å². The van der Waals surface area contributed by atoms with E-state index in [2.05, 4.69) is 39.1 Å². The summed E-state index contributed by atoms with van der Waals surface area (Å²) in [6.45, 7) is 6.54. The first-order valence-electron chi connectivity index (χ1n) is 14.6. The average Bonchev–Trinajstić information content (AvgIpc) is 3.56. The molecule has 5 aromatic rings. The topological polar surface area (TPSA) is 105 Å². The van der Waals surface area contributed by atoms with Crippen LogP contribution in [0.15, 0.2) is 97.7 Å². The summed E-state index contributed by atoms with van der Waals surface area (Å²) in [7, 11) is 0. The number of rotatable bonds is 13. The molecule has 0 aliphatic rings. The SMILES string of the molecule is CCN(CC)Cc1ccc(C(=O)Nc2ccc(-c3ccc(OCC(O)(Cn4cncn4)c4ccc(F)cc4F)cc3)cn2)cc1. The predicted octanol–water partition coefficient (Wildman–Crippen LogP) is 5.68. The van der Waals surface area contributed by atoms with Gasteiger partial charge in [0.15, 0.2) is 0 Å². The molecule has 232 valence electrons. The number of pyridine rings is 1. The molecule has 0 radical (unpaired) electrons. The van der Waals surface area contributed by atoms with Gasteiger partial charge in [-0.05, 0) is 66.7 Å². The summed E-state index contributed by atoms with van der Waals surface area (Å²) in [5, 5.41) is 18.3. The summed E-state index contributed by atoms with van der Waals surface area (Å²) in [6.07, 6.45) is 4.34. The van der Waals surface area contributed by atoms with Crippen LogP contribution in [0.3, 0.4) is 0 Å². The molecule has 5 rings (SSSR count). The third-order valence-corrected chi connectivity index (χ3v) is 7.51. The Morgan fingerprint density at radius 1 is 0.978 bits per heavy atom. The van der Waals surface area contributed by atoms with Gasteiger partial charge in [-0.25, -0.2) is 23.4 Å². The Kier molecular flexibility index (Phi) is 9.91. The van der Waals surface area contributed by atoms with Gasteiger partial charge >= 0.3 is 0 Å². The van der Waals surface area contributed by atoms with Gasteiger partial charge in [0.1, 0.15) is 48.1 Å². The number of ether oxygens (including phenoxy) is 1. The van der Waals surface area contributed by atoms with E-state index in [9.17, 15) is 18.7 Å². The van der Waals surface area contributed by atoms with Gasteiger partial charge in [0, 0.05) is 35.5 Å². The molecule has 0 bridgehead atoms. The van der Waals surface area contributed by atoms with Gasteiger partial charge in [-0.3, -0.25) is 9.69 Å². The zero-order valence-electron chi connectivity index (χ0n) is 25.0. The summed E-state index contributed by atoms with van der Waals surface area (Å²) in [6, 6.07) is 21.2. The minimum Gasteiger partial charge on any atom is -0.490 e. The van der Waals surface area contributed by atoms with Gasteiger partial charge in [-0.15, -0.1) is 0 Å². The maximum atomic E-state index is 14.7. The number of nitrogens with one attached hydrogen (secondary N) is 1. The standard InChI is InChI=1S/C34H34F2N6O3/c1-3-41(4-2)19-24-5-7-26(8-6-24)33(43)40-32-16-11-27(18-38-32)25-9-13-29(14-10-25)45-21-34(44,20-42-23-37-22-39-42)30-15-12-28(35)17-31(30)36/h5-18,22-23,44H,3-4,19-21H2,1-2H3,(H,38,40,43). The number of amides is 1. The van der Waals surface area contributed by atoms with E-state index >= 15 is 0 Å². The molecule has 0 aliphatic heterocycles. The average molecular weight is 613 g/mol. The third kappa shape index (κ3) is 7.94. The van der Waals surface area contributed by atoms with Crippen molar-refractivity contribution in [3.05, 3.63) is 126 Å². The van der Waals surface area contributed by atoms with Crippen molar-refractivity contribution >= 4 is 11.7 Å². The number of aromatic nitrogens is 4. The predicted molar refractivity (Wildman–Crippen MR) is 166 cm³/mol. The Bertz CT molecular complexity index is 1690. The van der Waals surface area contributed by atoms with Crippen LogP contribution in [-0.4, -0.2) is 55.4 Å². The van der Waals surface area contributed by atoms with Gasteiger partial charge < -0.3 is 15.2 Å². The second-order valence-electron chi connectivity index (χ2n) is 10.6. The van der Waals surface area contributed by atoms with E-state index in [1.807, 2.05) is 42.5 Å². The van der Waals surface area contributed by atoms with Crippen molar-refractivity contribution in [3.63, 3.8) is 0 Å². The van der Waals surface area contributed by atoms with E-state index in [4.69, 9.17) is 4.74 Å². The van der Waals surface area contributed by atoms with E-state index < -0.39 is 17.2 Å². The highest BCUT2D eigenvalue weighted by molar-refractivity contribution is 6.03. The maximum Gasteiger partial charge on any atom is 0.256 e. The summed E-state index contributed by atoms with van der Waals surface area (Å²) in [5.41, 5.74) is 1.38. The van der Waals surface area contributed by atoms with Crippen molar-refractivity contribution < 1.29 is 23.4 Å². The molecule has 0 aliphatic carbocycles. The Hall–Kier alpha value is -5.00. The van der Waals surface area contributed by atoms with Crippen molar-refractivity contribution in [3.8, 4) is 16.9 Å². The third-order valence-electron chi connectivity index (χ3n) is 7.51. The lowest BCUT2D eigenvalue weighted by Gasteiger charge is -2.29. The maximum absolute atomic E-state index is 14.7. The second-order valence-corrected chi connectivity index (χ2v) is 10.6. The number of carbonyl (C=O) groups excluding carboxylic acids is 1. The molecule has 0 spiro atoms. The van der Waals surface area contributed by atoms with Crippen LogP contribution in [0.4, 0.5) is 14.6 Å². The largest absolute Gasteiger partial charge is 0.490 e. The van der Waals surface area contributed by atoms with E-state index in [1.54, 1.807) is 24.4 Å². The lowest BCUT2D eigenvalue weighted by Crippen LogP contribution is -2.39. The Morgan fingerprint density at radius 3 is 2.33 bits per heavy atom. The van der Waals surface area contributed by atoms with Gasteiger partial charge in [-0.1, -0.05) is 44.2 Å². The highest BCUT2D eigenvalue weighted by Crippen LogP contribution is 2.29. The molecule has 1 atom stereocenters. The van der Waals surface area contributed by atoms with Crippen molar-refractivity contribution in [2.75, 3.05) is 25.0 Å². The van der Waals surface area contributed by atoms with Gasteiger partial charge in [-0.2, -0.15) is 5.10 Å². The highest BCUT2D eigenvalue weighted by atomic mass is 19.1. The number of aliphatic hydroxyl groups is 1. The zero-order valence-corrected chi connectivity index (χ0v) is 25.0. The first-order valence-corrected chi connectivity index (χ1v) is 14.6. The second kappa shape index (κ2) is 14.2. The molecule has 3 aromatic carbocycles. The van der Waals surface area contributed by atoms with Crippen LogP contribution in [0.2, 0.25) is 0 Å². The molecule has 1 unspecified atom stereocenters. The van der Waals surface area contributed by atoms with E-state index in [-0.39, 0.29) is 24.6 Å². The van der Waals surface area contributed by atoms with Crippen molar-refractivity contribution in [1.29, 1.82) is 0 Å².